The van der Waals surface area contributed by atoms with Crippen molar-refractivity contribution in [2.75, 3.05) is 13.1 Å². The van der Waals surface area contributed by atoms with Gasteiger partial charge in [-0.3, -0.25) is 4.79 Å². The van der Waals surface area contributed by atoms with E-state index in [2.05, 4.69) is 15.2 Å². The molecule has 0 aliphatic rings. The number of hydrogen-bond acceptors (Lipinski definition) is 5. The largest absolute Gasteiger partial charge is 0.360 e. The first-order chi connectivity index (χ1) is 10.8. The quantitative estimate of drug-likeness (QED) is 0.765. The molecular formula is C14H16ClN3O4S. The average Bonchev–Trinajstić information content (AvgIpc) is 2.83. The number of nitrogens with one attached hydrogen (secondary N) is 2. The van der Waals surface area contributed by atoms with Crippen molar-refractivity contribution in [3.63, 3.8) is 0 Å². The van der Waals surface area contributed by atoms with Crippen LogP contribution in [0, 0.1) is 13.8 Å². The van der Waals surface area contributed by atoms with Crippen molar-refractivity contribution < 1.29 is 17.7 Å². The molecule has 0 spiro atoms. The summed E-state index contributed by atoms with van der Waals surface area (Å²) in [5, 5.41) is 6.68. The molecule has 2 N–H and O–H groups in total. The second kappa shape index (κ2) is 7.12. The van der Waals surface area contributed by atoms with Crippen LogP contribution in [0.5, 0.6) is 0 Å². The summed E-state index contributed by atoms with van der Waals surface area (Å²) in [5.74, 6) is -0.109. The van der Waals surface area contributed by atoms with Gasteiger partial charge >= 0.3 is 0 Å². The molecule has 0 saturated heterocycles. The fourth-order valence-corrected chi connectivity index (χ4v) is 3.57. The molecule has 2 rings (SSSR count). The molecule has 23 heavy (non-hydrogen) atoms. The molecule has 7 nitrogen and oxygen atoms in total. The lowest BCUT2D eigenvalue weighted by atomic mass is 10.2. The average molecular weight is 358 g/mol. The zero-order valence-electron chi connectivity index (χ0n) is 12.6. The number of rotatable bonds is 6. The topological polar surface area (TPSA) is 101 Å². The zero-order valence-corrected chi connectivity index (χ0v) is 14.2. The Morgan fingerprint density at radius 3 is 2.65 bits per heavy atom. The van der Waals surface area contributed by atoms with Gasteiger partial charge < -0.3 is 9.84 Å². The predicted molar refractivity (Wildman–Crippen MR) is 85.0 cm³/mol. The van der Waals surface area contributed by atoms with Crippen molar-refractivity contribution in [1.29, 1.82) is 0 Å². The van der Waals surface area contributed by atoms with Crippen LogP contribution in [0.4, 0.5) is 0 Å². The molecule has 1 aromatic heterocycles. The fraction of sp³-hybridized carbons (Fsp3) is 0.286. The second-order valence-electron chi connectivity index (χ2n) is 4.82. The van der Waals surface area contributed by atoms with E-state index in [9.17, 15) is 13.2 Å². The minimum Gasteiger partial charge on any atom is -0.360 e. The Morgan fingerprint density at radius 1 is 1.30 bits per heavy atom. The smallest absolute Gasteiger partial charge is 0.251 e. The van der Waals surface area contributed by atoms with Gasteiger partial charge in [0.2, 0.25) is 10.0 Å². The number of carbonyl (C=O) groups is 1. The normalized spacial score (nSPS) is 11.4. The van der Waals surface area contributed by atoms with Crippen molar-refractivity contribution in [3.8, 4) is 0 Å². The van der Waals surface area contributed by atoms with E-state index in [-0.39, 0.29) is 35.3 Å². The Labute approximate surface area is 139 Å². The van der Waals surface area contributed by atoms with Gasteiger partial charge in [0.1, 0.15) is 10.6 Å². The number of aryl methyl sites for hydroxylation is 2. The summed E-state index contributed by atoms with van der Waals surface area (Å²) < 4.78 is 31.5. The van der Waals surface area contributed by atoms with Gasteiger partial charge in [0.15, 0.2) is 5.76 Å². The van der Waals surface area contributed by atoms with E-state index in [4.69, 9.17) is 16.1 Å². The van der Waals surface area contributed by atoms with E-state index in [1.165, 1.54) is 13.0 Å². The lowest BCUT2D eigenvalue weighted by Gasteiger charge is -2.08. The number of nitrogens with zero attached hydrogens (tertiary/aromatic N) is 1. The van der Waals surface area contributed by atoms with Gasteiger partial charge in [0.25, 0.3) is 5.91 Å². The van der Waals surface area contributed by atoms with E-state index in [0.717, 1.165) is 0 Å². The van der Waals surface area contributed by atoms with E-state index in [1.807, 2.05) is 0 Å². The first-order valence-electron chi connectivity index (χ1n) is 6.77. The molecule has 0 unspecified atom stereocenters. The van der Waals surface area contributed by atoms with Gasteiger partial charge in [-0.25, -0.2) is 13.1 Å². The number of amides is 1. The van der Waals surface area contributed by atoms with Crippen LogP contribution in [0.2, 0.25) is 5.02 Å². The van der Waals surface area contributed by atoms with Crippen LogP contribution in [0.15, 0.2) is 33.7 Å². The molecule has 0 radical (unpaired) electrons. The Kier molecular flexibility index (Phi) is 5.40. The predicted octanol–water partition coefficient (Wildman–Crippen LogP) is 1.65. The van der Waals surface area contributed by atoms with Crippen LogP contribution in [0.3, 0.4) is 0 Å². The number of halogens is 1. The zero-order chi connectivity index (χ0) is 17.0. The van der Waals surface area contributed by atoms with Crippen molar-refractivity contribution in [2.45, 2.75) is 18.7 Å². The fourth-order valence-electron chi connectivity index (χ4n) is 2.02. The summed E-state index contributed by atoms with van der Waals surface area (Å²) >= 11 is 5.81. The standard InChI is InChI=1S/C14H16ClN3O4S/c1-9-13(10(2)22-18-9)23(20,21)17-7-6-16-14(19)11-4-3-5-12(15)8-11/h3-5,8,17H,6-7H2,1-2H3,(H,16,19). The van der Waals surface area contributed by atoms with E-state index in [0.29, 0.717) is 10.6 Å². The summed E-state index contributed by atoms with van der Waals surface area (Å²) in [5.41, 5.74) is 0.698. The van der Waals surface area contributed by atoms with E-state index >= 15 is 0 Å². The van der Waals surface area contributed by atoms with Gasteiger partial charge in [-0.2, -0.15) is 0 Å². The van der Waals surface area contributed by atoms with Gasteiger partial charge in [-0.1, -0.05) is 22.8 Å². The number of aromatic nitrogens is 1. The SMILES string of the molecule is Cc1noc(C)c1S(=O)(=O)NCCNC(=O)c1cccc(Cl)c1. The third kappa shape index (κ3) is 4.31. The van der Waals surface area contributed by atoms with Crippen molar-refractivity contribution >= 4 is 27.5 Å². The van der Waals surface area contributed by atoms with Gasteiger partial charge in [0.05, 0.1) is 0 Å². The summed E-state index contributed by atoms with van der Waals surface area (Å²) in [6, 6.07) is 6.48. The summed E-state index contributed by atoms with van der Waals surface area (Å²) in [6.07, 6.45) is 0. The molecule has 1 aromatic carbocycles. The van der Waals surface area contributed by atoms with Crippen molar-refractivity contribution in [1.82, 2.24) is 15.2 Å². The number of hydrogen-bond donors (Lipinski definition) is 2. The highest BCUT2D eigenvalue weighted by Crippen LogP contribution is 2.18. The number of sulfonamides is 1. The Hall–Kier alpha value is -1.90. The van der Waals surface area contributed by atoms with Crippen LogP contribution in [-0.4, -0.2) is 32.6 Å². The molecule has 2 aromatic rings. The maximum absolute atomic E-state index is 12.2. The monoisotopic (exact) mass is 357 g/mol. The van der Waals surface area contributed by atoms with Crippen LogP contribution < -0.4 is 10.0 Å². The molecule has 0 aliphatic carbocycles. The van der Waals surface area contributed by atoms with Crippen LogP contribution in [-0.2, 0) is 10.0 Å². The Bertz CT molecular complexity index is 798. The summed E-state index contributed by atoms with van der Waals surface area (Å²) in [4.78, 5) is 11.9. The van der Waals surface area contributed by atoms with Crippen LogP contribution in [0.1, 0.15) is 21.8 Å². The van der Waals surface area contributed by atoms with Crippen molar-refractivity contribution in [3.05, 3.63) is 46.3 Å². The van der Waals surface area contributed by atoms with Crippen LogP contribution in [0.25, 0.3) is 0 Å². The van der Waals surface area contributed by atoms with E-state index in [1.54, 1.807) is 25.1 Å². The third-order valence-corrected chi connectivity index (χ3v) is 4.97. The first-order valence-corrected chi connectivity index (χ1v) is 8.63. The molecule has 0 fully saturated rings. The highest BCUT2D eigenvalue weighted by atomic mass is 35.5. The maximum atomic E-state index is 12.2. The Morgan fingerprint density at radius 2 is 2.04 bits per heavy atom. The first kappa shape index (κ1) is 17.5. The molecule has 0 aliphatic heterocycles. The maximum Gasteiger partial charge on any atom is 0.251 e. The van der Waals surface area contributed by atoms with Gasteiger partial charge in [-0.05, 0) is 32.0 Å². The second-order valence-corrected chi connectivity index (χ2v) is 6.96. The molecule has 0 bridgehead atoms. The van der Waals surface area contributed by atoms with Gasteiger partial charge in [0, 0.05) is 23.7 Å². The highest BCUT2D eigenvalue weighted by Gasteiger charge is 2.23. The van der Waals surface area contributed by atoms with Gasteiger partial charge in [-0.15, -0.1) is 0 Å². The molecule has 1 heterocycles. The molecule has 0 atom stereocenters. The van der Waals surface area contributed by atoms with Crippen molar-refractivity contribution in [2.24, 2.45) is 0 Å². The lowest BCUT2D eigenvalue weighted by Crippen LogP contribution is -2.35. The highest BCUT2D eigenvalue weighted by molar-refractivity contribution is 7.89. The summed E-state index contributed by atoms with van der Waals surface area (Å²) in [6.45, 7) is 3.24. The Balaban J connectivity index is 1.89. The molecule has 124 valence electrons. The third-order valence-electron chi connectivity index (χ3n) is 3.03. The molecule has 9 heteroatoms. The minimum atomic E-state index is -3.73. The molecule has 0 saturated carbocycles. The number of benzene rings is 1. The summed E-state index contributed by atoms with van der Waals surface area (Å²) in [7, 11) is -3.73. The molecular weight excluding hydrogens is 342 g/mol. The number of carbonyl (C=O) groups excluding carboxylic acids is 1. The minimum absolute atomic E-state index is 0.0265. The van der Waals surface area contributed by atoms with E-state index < -0.39 is 10.0 Å². The lowest BCUT2D eigenvalue weighted by molar-refractivity contribution is 0.0954. The van der Waals surface area contributed by atoms with Crippen LogP contribution >= 0.6 is 11.6 Å². The molecule has 1 amide bonds.